The summed E-state index contributed by atoms with van der Waals surface area (Å²) >= 11 is 7.52. The molecule has 1 amide bonds. The van der Waals surface area contributed by atoms with Gasteiger partial charge in [-0.25, -0.2) is 4.98 Å². The van der Waals surface area contributed by atoms with Gasteiger partial charge < -0.3 is 4.42 Å². The topological polar surface area (TPSA) is 78.9 Å². The minimum absolute atomic E-state index is 0.0496. The van der Waals surface area contributed by atoms with Crippen molar-refractivity contribution < 1.29 is 9.21 Å². The van der Waals surface area contributed by atoms with Crippen LogP contribution in [0.25, 0.3) is 6.08 Å². The van der Waals surface area contributed by atoms with Gasteiger partial charge in [0.2, 0.25) is 0 Å². The van der Waals surface area contributed by atoms with Gasteiger partial charge in [-0.05, 0) is 43.2 Å². The van der Waals surface area contributed by atoms with E-state index in [1.165, 1.54) is 17.4 Å². The molecule has 7 heteroatoms. The van der Waals surface area contributed by atoms with Crippen LogP contribution in [0, 0.1) is 25.2 Å². The highest BCUT2D eigenvalue weighted by Gasteiger charge is 2.13. The number of carbonyl (C=O) groups excluding carboxylic acids is 1. The Kier molecular flexibility index (Phi) is 5.75. The number of rotatable bonds is 5. The van der Waals surface area contributed by atoms with Crippen LogP contribution in [0.2, 0.25) is 5.02 Å². The van der Waals surface area contributed by atoms with E-state index in [0.717, 1.165) is 21.0 Å². The van der Waals surface area contributed by atoms with Crippen LogP contribution in [-0.2, 0) is 11.2 Å². The van der Waals surface area contributed by atoms with Gasteiger partial charge >= 0.3 is 0 Å². The van der Waals surface area contributed by atoms with E-state index in [2.05, 4.69) is 10.3 Å². The van der Waals surface area contributed by atoms with Crippen molar-refractivity contribution in [2.24, 2.45) is 0 Å². The number of nitriles is 1. The van der Waals surface area contributed by atoms with Crippen molar-refractivity contribution in [2.45, 2.75) is 20.3 Å². The predicted octanol–water partition coefficient (Wildman–Crippen LogP) is 5.14. The van der Waals surface area contributed by atoms with Crippen molar-refractivity contribution >= 4 is 40.1 Å². The molecule has 0 bridgehead atoms. The molecule has 0 unspecified atom stereocenters. The van der Waals surface area contributed by atoms with Crippen LogP contribution >= 0.6 is 22.9 Å². The molecule has 0 aliphatic rings. The molecule has 2 aromatic heterocycles. The highest BCUT2D eigenvalue weighted by molar-refractivity contribution is 7.15. The predicted molar refractivity (Wildman–Crippen MR) is 107 cm³/mol. The van der Waals surface area contributed by atoms with Crippen LogP contribution < -0.4 is 5.32 Å². The quantitative estimate of drug-likeness (QED) is 0.477. The van der Waals surface area contributed by atoms with E-state index in [4.69, 9.17) is 16.0 Å². The standard InChI is InChI=1S/C20H16ClN3O2S/c1-12-3-5-14(8-18(12)21)7-17-11-23-20(27-17)24-19(25)15(10-22)9-16-6-4-13(2)26-16/h3-6,8-9,11H,7H2,1-2H3,(H,23,24,25). The van der Waals surface area contributed by atoms with Gasteiger partial charge in [0, 0.05) is 28.6 Å². The second-order valence-electron chi connectivity index (χ2n) is 5.96. The Balaban J connectivity index is 1.69. The molecule has 0 saturated heterocycles. The average molecular weight is 398 g/mol. The first kappa shape index (κ1) is 18.9. The summed E-state index contributed by atoms with van der Waals surface area (Å²) in [6.45, 7) is 3.75. The number of nitrogens with one attached hydrogen (secondary N) is 1. The molecule has 27 heavy (non-hydrogen) atoms. The summed E-state index contributed by atoms with van der Waals surface area (Å²) in [4.78, 5) is 17.5. The number of thiazole rings is 1. The molecule has 0 aliphatic carbocycles. The Hall–Kier alpha value is -2.88. The monoisotopic (exact) mass is 397 g/mol. The zero-order chi connectivity index (χ0) is 19.4. The first-order chi connectivity index (χ1) is 12.9. The first-order valence-electron chi connectivity index (χ1n) is 8.14. The van der Waals surface area contributed by atoms with Crippen LogP contribution in [0.15, 0.2) is 46.5 Å². The summed E-state index contributed by atoms with van der Waals surface area (Å²) < 4.78 is 5.37. The van der Waals surface area contributed by atoms with E-state index in [9.17, 15) is 10.1 Å². The maximum atomic E-state index is 12.3. The van der Waals surface area contributed by atoms with Gasteiger partial charge in [0.05, 0.1) is 0 Å². The van der Waals surface area contributed by atoms with Crippen molar-refractivity contribution in [1.82, 2.24) is 4.98 Å². The second-order valence-corrected chi connectivity index (χ2v) is 7.49. The number of aryl methyl sites for hydroxylation is 2. The van der Waals surface area contributed by atoms with Crippen LogP contribution in [0.1, 0.15) is 27.5 Å². The van der Waals surface area contributed by atoms with E-state index in [1.807, 2.05) is 31.2 Å². The van der Waals surface area contributed by atoms with E-state index >= 15 is 0 Å². The molecule has 0 aliphatic heterocycles. The highest BCUT2D eigenvalue weighted by Crippen LogP contribution is 2.24. The molecule has 1 aromatic carbocycles. The number of carbonyl (C=O) groups is 1. The smallest absolute Gasteiger partial charge is 0.268 e. The van der Waals surface area contributed by atoms with Gasteiger partial charge in [-0.3, -0.25) is 10.1 Å². The van der Waals surface area contributed by atoms with Crippen molar-refractivity contribution in [3.63, 3.8) is 0 Å². The molecule has 3 rings (SSSR count). The first-order valence-corrected chi connectivity index (χ1v) is 9.33. The molecule has 136 valence electrons. The Labute approximate surface area is 165 Å². The van der Waals surface area contributed by atoms with Gasteiger partial charge in [-0.15, -0.1) is 11.3 Å². The Morgan fingerprint density at radius 2 is 2.19 bits per heavy atom. The normalized spacial score (nSPS) is 11.3. The Morgan fingerprint density at radius 1 is 1.37 bits per heavy atom. The van der Waals surface area contributed by atoms with Gasteiger partial charge in [0.15, 0.2) is 5.13 Å². The van der Waals surface area contributed by atoms with Gasteiger partial charge in [0.25, 0.3) is 5.91 Å². The number of amides is 1. The molecule has 1 N–H and O–H groups in total. The second kappa shape index (κ2) is 8.21. The van der Waals surface area contributed by atoms with E-state index in [-0.39, 0.29) is 5.57 Å². The number of furan rings is 1. The molecule has 0 fully saturated rings. The molecule has 5 nitrogen and oxygen atoms in total. The molecule has 2 heterocycles. The lowest BCUT2D eigenvalue weighted by Crippen LogP contribution is -2.13. The summed E-state index contributed by atoms with van der Waals surface area (Å²) in [6, 6.07) is 11.3. The molecule has 3 aromatic rings. The number of anilines is 1. The number of benzene rings is 1. The summed E-state index contributed by atoms with van der Waals surface area (Å²) in [5, 5.41) is 13.1. The van der Waals surface area contributed by atoms with Crippen LogP contribution in [0.5, 0.6) is 0 Å². The number of hydrogen-bond donors (Lipinski definition) is 1. The lowest BCUT2D eigenvalue weighted by atomic mass is 10.1. The maximum Gasteiger partial charge on any atom is 0.268 e. The fourth-order valence-corrected chi connectivity index (χ4v) is 3.43. The van der Waals surface area contributed by atoms with Crippen molar-refractivity contribution in [3.8, 4) is 6.07 Å². The molecular weight excluding hydrogens is 382 g/mol. The molecule has 0 radical (unpaired) electrons. The number of hydrogen-bond acceptors (Lipinski definition) is 5. The zero-order valence-electron chi connectivity index (χ0n) is 14.7. The van der Waals surface area contributed by atoms with Crippen LogP contribution in [0.3, 0.4) is 0 Å². The highest BCUT2D eigenvalue weighted by atomic mass is 35.5. The molecule has 0 saturated carbocycles. The third-order valence-corrected chi connectivity index (χ3v) is 5.12. The third kappa shape index (κ3) is 4.85. The van der Waals surface area contributed by atoms with E-state index in [0.29, 0.717) is 23.1 Å². The van der Waals surface area contributed by atoms with Gasteiger partial charge in [0.1, 0.15) is 23.2 Å². The van der Waals surface area contributed by atoms with E-state index in [1.54, 1.807) is 25.3 Å². The average Bonchev–Trinajstić information content (AvgIpc) is 3.24. The fourth-order valence-electron chi connectivity index (χ4n) is 2.38. The summed E-state index contributed by atoms with van der Waals surface area (Å²) in [6.07, 6.45) is 3.78. The summed E-state index contributed by atoms with van der Waals surface area (Å²) in [5.74, 6) is 0.640. The van der Waals surface area contributed by atoms with Crippen LogP contribution in [-0.4, -0.2) is 10.9 Å². The third-order valence-electron chi connectivity index (χ3n) is 3.80. The number of aromatic nitrogens is 1. The number of halogens is 1. The lowest BCUT2D eigenvalue weighted by Gasteiger charge is -2.02. The Morgan fingerprint density at radius 3 is 2.85 bits per heavy atom. The zero-order valence-corrected chi connectivity index (χ0v) is 16.3. The largest absolute Gasteiger partial charge is 0.462 e. The maximum absolute atomic E-state index is 12.3. The lowest BCUT2D eigenvalue weighted by molar-refractivity contribution is -0.112. The van der Waals surface area contributed by atoms with Crippen molar-refractivity contribution in [2.75, 3.05) is 5.32 Å². The van der Waals surface area contributed by atoms with Gasteiger partial charge in [-0.2, -0.15) is 5.26 Å². The van der Waals surface area contributed by atoms with Gasteiger partial charge in [-0.1, -0.05) is 23.7 Å². The minimum Gasteiger partial charge on any atom is -0.462 e. The van der Waals surface area contributed by atoms with Crippen molar-refractivity contribution in [1.29, 1.82) is 5.26 Å². The SMILES string of the molecule is Cc1ccc(C=C(C#N)C(=O)Nc2ncc(Cc3ccc(C)c(Cl)c3)s2)o1. The molecule has 0 atom stereocenters. The van der Waals surface area contributed by atoms with E-state index < -0.39 is 5.91 Å². The van der Waals surface area contributed by atoms with Crippen LogP contribution in [0.4, 0.5) is 5.13 Å². The minimum atomic E-state index is -0.522. The van der Waals surface area contributed by atoms with Crippen molar-refractivity contribution in [3.05, 3.63) is 74.6 Å². The Bertz CT molecular complexity index is 1060. The number of nitrogens with zero attached hydrogens (tertiary/aromatic N) is 2. The molecule has 0 spiro atoms. The fraction of sp³-hybridized carbons (Fsp3) is 0.150. The molecular formula is C20H16ClN3O2S. The summed E-state index contributed by atoms with van der Waals surface area (Å²) in [5.41, 5.74) is 2.05. The summed E-state index contributed by atoms with van der Waals surface area (Å²) in [7, 11) is 0.